The first-order chi connectivity index (χ1) is 30.5. The summed E-state index contributed by atoms with van der Waals surface area (Å²) in [6.45, 7) is 30.9. The van der Waals surface area contributed by atoms with Crippen LogP contribution in [-0.2, 0) is 23.8 Å². The van der Waals surface area contributed by atoms with E-state index in [0.29, 0.717) is 17.7 Å². The van der Waals surface area contributed by atoms with Crippen LogP contribution in [0.25, 0.3) is 11.1 Å². The highest BCUT2D eigenvalue weighted by Gasteiger charge is 2.42. The fourth-order valence-corrected chi connectivity index (χ4v) is 6.17. The van der Waals surface area contributed by atoms with E-state index in [1.54, 1.807) is 20.2 Å². The van der Waals surface area contributed by atoms with Gasteiger partial charge in [-0.1, -0.05) is 94.2 Å². The van der Waals surface area contributed by atoms with Gasteiger partial charge in [0.15, 0.2) is 0 Å². The molecule has 0 bridgehead atoms. The van der Waals surface area contributed by atoms with E-state index in [0.717, 1.165) is 93.6 Å². The van der Waals surface area contributed by atoms with Gasteiger partial charge in [-0.3, -0.25) is 9.59 Å². The van der Waals surface area contributed by atoms with Gasteiger partial charge in [-0.2, -0.15) is 0 Å². The van der Waals surface area contributed by atoms with Crippen LogP contribution in [0.2, 0.25) is 0 Å². The number of likely N-dealkylation sites (tertiary alicyclic amines) is 1. The molecule has 2 aliphatic rings. The second kappa shape index (κ2) is 36.9. The summed E-state index contributed by atoms with van der Waals surface area (Å²) >= 11 is 0. The number of aryl methyl sites for hydroxylation is 1. The van der Waals surface area contributed by atoms with Crippen LogP contribution in [0.4, 0.5) is 8.78 Å². The SMILES string of the molecule is CC.CC/C=C(/C=C(\N=C(C)N1CCCC1)C(F)F)c1ccc[nH]1.CC/C=C(\CC(C)CC)c1cnc(OC)c(C)c1.CCC(C)CCOC1(C(C)C)COC1.COC(C)=O.O=CO. The topological polar surface area (TPSA) is 136 Å². The van der Waals surface area contributed by atoms with Gasteiger partial charge in [0, 0.05) is 50.3 Å². The second-order valence-electron chi connectivity index (χ2n) is 15.9. The number of aliphatic imine (C=N–C) groups is 1. The lowest BCUT2D eigenvalue weighted by atomic mass is 9.88. The van der Waals surface area contributed by atoms with Crippen molar-refractivity contribution in [3.8, 4) is 5.88 Å². The summed E-state index contributed by atoms with van der Waals surface area (Å²) in [6, 6.07) is 5.90. The van der Waals surface area contributed by atoms with Gasteiger partial charge in [-0.05, 0) is 111 Å². The number of aromatic nitrogens is 2. The molecule has 366 valence electrons. The van der Waals surface area contributed by atoms with Crippen LogP contribution in [-0.4, -0.2) is 97.4 Å². The molecule has 13 heteroatoms. The van der Waals surface area contributed by atoms with Crippen molar-refractivity contribution >= 4 is 29.4 Å². The van der Waals surface area contributed by atoms with E-state index in [-0.39, 0.29) is 23.7 Å². The highest BCUT2D eigenvalue weighted by Crippen LogP contribution is 2.31. The molecule has 11 nitrogen and oxygen atoms in total. The van der Waals surface area contributed by atoms with Gasteiger partial charge in [0.1, 0.15) is 17.1 Å². The Hall–Kier alpha value is -4.36. The lowest BCUT2D eigenvalue weighted by molar-refractivity contribution is -0.231. The number of methoxy groups -OCH3 is 2. The Morgan fingerprint density at radius 3 is 2.00 bits per heavy atom. The number of halogens is 2. The molecule has 2 atom stereocenters. The minimum atomic E-state index is -2.59. The first-order valence-corrected chi connectivity index (χ1v) is 23.2. The zero-order valence-electron chi connectivity index (χ0n) is 42.2. The molecule has 0 spiro atoms. The molecule has 2 aliphatic heterocycles. The molecule has 2 unspecified atom stereocenters. The number of esters is 1. The van der Waals surface area contributed by atoms with Crippen LogP contribution in [0.1, 0.15) is 151 Å². The van der Waals surface area contributed by atoms with Crippen molar-refractivity contribution < 1.29 is 42.4 Å². The molecule has 0 amide bonds. The maximum absolute atomic E-state index is 13.4. The number of carboxylic acid groups (broad SMARTS) is 1. The predicted molar refractivity (Wildman–Crippen MR) is 261 cm³/mol. The maximum atomic E-state index is 13.4. The molecule has 2 fully saturated rings. The average Bonchev–Trinajstić information content (AvgIpc) is 4.02. The summed E-state index contributed by atoms with van der Waals surface area (Å²) in [6.07, 6.45) is 15.6. The summed E-state index contributed by atoms with van der Waals surface area (Å²) < 4.78 is 47.3. The standard InChI is InChI=1S/C17H23F2N3.C16H25NO.C12H24O2.C3H6O2.C2H6.CH2O2/c1-3-7-14(15-8-6-9-20-15)12-16(17(18)19)21-13(2)22-10-4-5-11-22;1-6-8-14(9-12(3)7-2)15-10-13(4)16(18-5)17-11-15;1-5-11(4)6-7-14-12(10(2)3)8-13-9-12;1-3(4)5-2;1-2;2-1-3/h6-9,12,17,20H,3-5,10-11H2,1-2H3;8,10-12H,6-7,9H2,1-5H3;10-11H,5-9H2,1-4H3;1-2H3;1-2H3;1H,(H,2,3)/b14-7-,16-12-,21-13?;14-8+;;;;. The summed E-state index contributed by atoms with van der Waals surface area (Å²) in [5.74, 6) is 3.20. The summed E-state index contributed by atoms with van der Waals surface area (Å²) in [5, 5.41) is 6.89. The Morgan fingerprint density at radius 1 is 1.02 bits per heavy atom. The minimum absolute atomic E-state index is 0.0352. The molecule has 4 rings (SSSR count). The number of rotatable bonds is 17. The quantitative estimate of drug-likeness (QED) is 0.0523. The third-order valence-electron chi connectivity index (χ3n) is 10.8. The third-order valence-corrected chi connectivity index (χ3v) is 10.8. The molecular weight excluding hydrogens is 819 g/mol. The number of carbonyl (C=O) groups excluding carboxylic acids is 1. The lowest BCUT2D eigenvalue weighted by Gasteiger charge is -2.44. The first kappa shape index (κ1) is 61.7. The van der Waals surface area contributed by atoms with Crippen LogP contribution in [0.5, 0.6) is 5.88 Å². The largest absolute Gasteiger partial charge is 0.483 e. The van der Waals surface area contributed by atoms with Gasteiger partial charge in [0.2, 0.25) is 5.88 Å². The molecule has 0 radical (unpaired) electrons. The van der Waals surface area contributed by atoms with Gasteiger partial charge in [-0.15, -0.1) is 0 Å². The number of aromatic amines is 1. The number of carbonyl (C=O) groups is 2. The summed E-state index contributed by atoms with van der Waals surface area (Å²) in [7, 11) is 3.01. The molecule has 2 saturated heterocycles. The van der Waals surface area contributed by atoms with Crippen LogP contribution in [0, 0.1) is 24.7 Å². The van der Waals surface area contributed by atoms with Crippen molar-refractivity contribution in [1.29, 1.82) is 0 Å². The van der Waals surface area contributed by atoms with Crippen molar-refractivity contribution in [1.82, 2.24) is 14.9 Å². The Balaban J connectivity index is 0. The number of nitrogens with one attached hydrogen (secondary N) is 1. The molecule has 64 heavy (non-hydrogen) atoms. The maximum Gasteiger partial charge on any atom is 0.302 e. The number of pyridine rings is 1. The van der Waals surface area contributed by atoms with Crippen LogP contribution < -0.4 is 4.74 Å². The number of hydrogen-bond acceptors (Lipinski definition) is 8. The normalized spacial score (nSPS) is 15.5. The highest BCUT2D eigenvalue weighted by atomic mass is 19.3. The summed E-state index contributed by atoms with van der Waals surface area (Å²) in [5.41, 5.74) is 5.17. The van der Waals surface area contributed by atoms with E-state index in [9.17, 15) is 13.6 Å². The minimum Gasteiger partial charge on any atom is -0.483 e. The molecule has 2 aromatic rings. The zero-order chi connectivity index (χ0) is 49.1. The average molecular weight is 905 g/mol. The van der Waals surface area contributed by atoms with Crippen molar-refractivity contribution in [2.24, 2.45) is 22.7 Å². The summed E-state index contributed by atoms with van der Waals surface area (Å²) in [4.78, 5) is 31.6. The Labute approximate surface area is 386 Å². The number of allylic oxidation sites excluding steroid dienone is 6. The lowest BCUT2D eigenvalue weighted by Crippen LogP contribution is -2.56. The molecule has 0 aromatic carbocycles. The van der Waals surface area contributed by atoms with Crippen molar-refractivity contribution in [3.05, 3.63) is 71.3 Å². The smallest absolute Gasteiger partial charge is 0.302 e. The third kappa shape index (κ3) is 25.2. The van der Waals surface area contributed by atoms with Gasteiger partial charge >= 0.3 is 5.97 Å². The Bertz CT molecular complexity index is 1630. The second-order valence-corrected chi connectivity index (χ2v) is 15.9. The van der Waals surface area contributed by atoms with Crippen molar-refractivity contribution in [2.45, 2.75) is 153 Å². The van der Waals surface area contributed by atoms with Gasteiger partial charge in [0.05, 0.1) is 27.4 Å². The van der Waals surface area contributed by atoms with E-state index in [1.165, 1.54) is 50.5 Å². The fourth-order valence-electron chi connectivity index (χ4n) is 6.17. The van der Waals surface area contributed by atoms with Crippen LogP contribution in [0.15, 0.2) is 59.5 Å². The zero-order valence-corrected chi connectivity index (χ0v) is 42.2. The number of alkyl halides is 2. The number of hydrogen-bond donors (Lipinski definition) is 2. The van der Waals surface area contributed by atoms with E-state index < -0.39 is 6.43 Å². The number of nitrogens with zero attached hydrogens (tertiary/aromatic N) is 3. The fraction of sp³-hybridized carbons (Fsp3) is 0.647. The Kier molecular flexibility index (Phi) is 35.6. The number of amidine groups is 1. The molecule has 2 N–H and O–H groups in total. The molecule has 2 aromatic heterocycles. The van der Waals surface area contributed by atoms with Crippen LogP contribution in [0.3, 0.4) is 0 Å². The highest BCUT2D eigenvalue weighted by molar-refractivity contribution is 5.82. The number of H-pyrrole nitrogens is 1. The Morgan fingerprint density at radius 2 is 1.59 bits per heavy atom. The van der Waals surface area contributed by atoms with Gasteiger partial charge in [0.25, 0.3) is 12.9 Å². The predicted octanol–water partition coefficient (Wildman–Crippen LogP) is 12.9. The molecular formula is C51H86F2N4O7. The van der Waals surface area contributed by atoms with Crippen LogP contribution >= 0.6 is 0 Å². The van der Waals surface area contributed by atoms with E-state index in [2.05, 4.69) is 85.2 Å². The van der Waals surface area contributed by atoms with Gasteiger partial charge < -0.3 is 33.9 Å². The number of ether oxygens (including phenoxy) is 4. The van der Waals surface area contributed by atoms with E-state index in [4.69, 9.17) is 24.1 Å². The van der Waals surface area contributed by atoms with E-state index in [1.807, 2.05) is 52.1 Å². The molecule has 4 heterocycles. The molecule has 0 saturated carbocycles. The molecule has 0 aliphatic carbocycles. The van der Waals surface area contributed by atoms with Crippen molar-refractivity contribution in [3.63, 3.8) is 0 Å². The van der Waals surface area contributed by atoms with Crippen molar-refractivity contribution in [2.75, 3.05) is 47.1 Å². The monoisotopic (exact) mass is 905 g/mol. The van der Waals surface area contributed by atoms with Gasteiger partial charge in [-0.25, -0.2) is 18.8 Å². The first-order valence-electron chi connectivity index (χ1n) is 23.2. The van der Waals surface area contributed by atoms with E-state index >= 15 is 0 Å².